The maximum absolute atomic E-state index is 5.42. The van der Waals surface area contributed by atoms with Gasteiger partial charge in [-0.2, -0.15) is 0 Å². The highest BCUT2D eigenvalue weighted by Gasteiger charge is 2.24. The molecule has 18 heavy (non-hydrogen) atoms. The Morgan fingerprint density at radius 2 is 2.33 bits per heavy atom. The molecule has 0 unspecified atom stereocenters. The summed E-state index contributed by atoms with van der Waals surface area (Å²) < 4.78 is 5.42. The molecule has 2 rings (SSSR count). The zero-order valence-electron chi connectivity index (χ0n) is 11.6. The molecule has 0 aromatic heterocycles. The average Bonchev–Trinajstić information content (AvgIpc) is 2.83. The highest BCUT2D eigenvalue weighted by Crippen LogP contribution is 2.19. The Labute approximate surface area is 110 Å². The van der Waals surface area contributed by atoms with Crippen LogP contribution in [0.25, 0.3) is 0 Å². The average molecular weight is 248 g/mol. The van der Waals surface area contributed by atoms with Gasteiger partial charge in [-0.1, -0.05) is 29.8 Å². The maximum Gasteiger partial charge on any atom is 0.0710 e. The van der Waals surface area contributed by atoms with Crippen LogP contribution in [0.5, 0.6) is 0 Å². The third kappa shape index (κ3) is 3.31. The zero-order chi connectivity index (χ0) is 13.0. The summed E-state index contributed by atoms with van der Waals surface area (Å²) in [6.45, 7) is 5.40. The van der Waals surface area contributed by atoms with E-state index in [0.717, 1.165) is 26.1 Å². The van der Waals surface area contributed by atoms with E-state index in [4.69, 9.17) is 4.74 Å². The van der Waals surface area contributed by atoms with Crippen LogP contribution in [0.1, 0.15) is 23.6 Å². The summed E-state index contributed by atoms with van der Waals surface area (Å²) in [6, 6.07) is 9.16. The first-order valence-electron chi connectivity index (χ1n) is 6.72. The van der Waals surface area contributed by atoms with Crippen molar-refractivity contribution in [1.29, 1.82) is 0 Å². The second-order valence-electron chi connectivity index (χ2n) is 5.16. The SMILES string of the molecule is CN[C@H](CN1CC[C@H](OC)C1)c1cccc(C)c1. The Bertz CT molecular complexity index is 381. The molecule has 3 nitrogen and oxygen atoms in total. The topological polar surface area (TPSA) is 24.5 Å². The maximum atomic E-state index is 5.42. The lowest BCUT2D eigenvalue weighted by atomic mass is 10.0. The fourth-order valence-corrected chi connectivity index (χ4v) is 2.66. The fourth-order valence-electron chi connectivity index (χ4n) is 2.66. The first-order valence-corrected chi connectivity index (χ1v) is 6.72. The fraction of sp³-hybridized carbons (Fsp3) is 0.600. The Morgan fingerprint density at radius 1 is 1.50 bits per heavy atom. The number of likely N-dealkylation sites (tertiary alicyclic amines) is 1. The number of benzene rings is 1. The van der Waals surface area contributed by atoms with E-state index in [0.29, 0.717) is 12.1 Å². The molecule has 1 aromatic carbocycles. The van der Waals surface area contributed by atoms with Crippen molar-refractivity contribution >= 4 is 0 Å². The summed E-state index contributed by atoms with van der Waals surface area (Å²) in [5.41, 5.74) is 2.70. The number of hydrogen-bond donors (Lipinski definition) is 1. The number of nitrogens with one attached hydrogen (secondary N) is 1. The third-order valence-electron chi connectivity index (χ3n) is 3.80. The van der Waals surface area contributed by atoms with Crippen molar-refractivity contribution in [2.75, 3.05) is 33.8 Å². The van der Waals surface area contributed by atoms with Gasteiger partial charge >= 0.3 is 0 Å². The highest BCUT2D eigenvalue weighted by atomic mass is 16.5. The van der Waals surface area contributed by atoms with E-state index in [2.05, 4.69) is 41.4 Å². The molecule has 3 heteroatoms. The van der Waals surface area contributed by atoms with E-state index in [1.165, 1.54) is 11.1 Å². The van der Waals surface area contributed by atoms with E-state index >= 15 is 0 Å². The van der Waals surface area contributed by atoms with Crippen molar-refractivity contribution in [2.24, 2.45) is 0 Å². The Morgan fingerprint density at radius 3 is 2.94 bits per heavy atom. The first kappa shape index (κ1) is 13.5. The van der Waals surface area contributed by atoms with Crippen LogP contribution in [0.2, 0.25) is 0 Å². The summed E-state index contributed by atoms with van der Waals surface area (Å²) in [4.78, 5) is 2.48. The molecule has 0 radical (unpaired) electrons. The number of aryl methyl sites for hydroxylation is 1. The molecule has 2 atom stereocenters. The molecule has 0 saturated carbocycles. The van der Waals surface area contributed by atoms with Gasteiger partial charge in [0.25, 0.3) is 0 Å². The van der Waals surface area contributed by atoms with Gasteiger partial charge in [0.05, 0.1) is 6.10 Å². The molecule has 1 aromatic rings. The van der Waals surface area contributed by atoms with Gasteiger partial charge in [-0.25, -0.2) is 0 Å². The van der Waals surface area contributed by atoms with Gasteiger partial charge in [0.15, 0.2) is 0 Å². The van der Waals surface area contributed by atoms with Gasteiger partial charge in [0, 0.05) is 32.8 Å². The van der Waals surface area contributed by atoms with Crippen molar-refractivity contribution < 1.29 is 4.74 Å². The van der Waals surface area contributed by atoms with E-state index in [9.17, 15) is 0 Å². The van der Waals surface area contributed by atoms with Gasteiger partial charge in [0.2, 0.25) is 0 Å². The van der Waals surface area contributed by atoms with Gasteiger partial charge in [-0.05, 0) is 26.0 Å². The van der Waals surface area contributed by atoms with E-state index in [1.807, 2.05) is 14.2 Å². The number of methoxy groups -OCH3 is 1. The lowest BCUT2D eigenvalue weighted by Crippen LogP contribution is -2.33. The Hall–Kier alpha value is -0.900. The summed E-state index contributed by atoms with van der Waals surface area (Å²) in [5.74, 6) is 0. The minimum Gasteiger partial charge on any atom is -0.380 e. The lowest BCUT2D eigenvalue weighted by Gasteiger charge is -2.24. The lowest BCUT2D eigenvalue weighted by molar-refractivity contribution is 0.107. The standard InChI is InChI=1S/C15H24N2O/c1-12-5-4-6-13(9-12)15(16-2)11-17-8-7-14(10-17)18-3/h4-6,9,14-16H,7-8,10-11H2,1-3H3/t14-,15+/m0/s1. The predicted octanol–water partition coefficient (Wildman–Crippen LogP) is 1.98. The molecule has 1 fully saturated rings. The summed E-state index contributed by atoms with van der Waals surface area (Å²) in [7, 11) is 3.85. The van der Waals surface area contributed by atoms with Crippen molar-refractivity contribution in [3.05, 3.63) is 35.4 Å². The van der Waals surface area contributed by atoms with Gasteiger partial charge in [0.1, 0.15) is 0 Å². The Balaban J connectivity index is 1.97. The second kappa shape index (κ2) is 6.32. The van der Waals surface area contributed by atoms with Gasteiger partial charge < -0.3 is 10.1 Å². The third-order valence-corrected chi connectivity index (χ3v) is 3.80. The predicted molar refractivity (Wildman–Crippen MR) is 74.8 cm³/mol. The first-order chi connectivity index (χ1) is 8.72. The normalized spacial score (nSPS) is 22.3. The van der Waals surface area contributed by atoms with E-state index in [1.54, 1.807) is 0 Å². The molecule has 100 valence electrons. The largest absolute Gasteiger partial charge is 0.380 e. The number of nitrogens with zero attached hydrogens (tertiary/aromatic N) is 1. The molecule has 1 aliphatic heterocycles. The minimum absolute atomic E-state index is 0.403. The quantitative estimate of drug-likeness (QED) is 0.862. The van der Waals surface area contributed by atoms with Gasteiger partial charge in [-0.3, -0.25) is 4.90 Å². The number of likely N-dealkylation sites (N-methyl/N-ethyl adjacent to an activating group) is 1. The zero-order valence-corrected chi connectivity index (χ0v) is 11.6. The summed E-state index contributed by atoms with van der Waals surface area (Å²) in [6.07, 6.45) is 1.57. The van der Waals surface area contributed by atoms with Crippen LogP contribution < -0.4 is 5.32 Å². The van der Waals surface area contributed by atoms with Crippen LogP contribution in [0, 0.1) is 6.92 Å². The molecule has 1 N–H and O–H groups in total. The molecule has 0 spiro atoms. The highest BCUT2D eigenvalue weighted by molar-refractivity contribution is 5.25. The van der Waals surface area contributed by atoms with Crippen molar-refractivity contribution in [3.63, 3.8) is 0 Å². The van der Waals surface area contributed by atoms with Crippen molar-refractivity contribution in [1.82, 2.24) is 10.2 Å². The Kier molecular flexibility index (Phi) is 4.75. The molecule has 0 aliphatic carbocycles. The van der Waals surface area contributed by atoms with Crippen LogP contribution in [-0.2, 0) is 4.74 Å². The molecular weight excluding hydrogens is 224 g/mol. The second-order valence-corrected chi connectivity index (χ2v) is 5.16. The van der Waals surface area contributed by atoms with Crippen molar-refractivity contribution in [2.45, 2.75) is 25.5 Å². The molecule has 0 bridgehead atoms. The monoisotopic (exact) mass is 248 g/mol. The summed E-state index contributed by atoms with van der Waals surface area (Å²) in [5, 5.41) is 3.42. The number of rotatable bonds is 5. The van der Waals surface area contributed by atoms with E-state index in [-0.39, 0.29) is 0 Å². The molecule has 1 saturated heterocycles. The van der Waals surface area contributed by atoms with Gasteiger partial charge in [-0.15, -0.1) is 0 Å². The van der Waals surface area contributed by atoms with E-state index < -0.39 is 0 Å². The van der Waals surface area contributed by atoms with Crippen LogP contribution in [-0.4, -0.2) is 44.8 Å². The summed E-state index contributed by atoms with van der Waals surface area (Å²) >= 11 is 0. The van der Waals surface area contributed by atoms with Crippen LogP contribution in [0.15, 0.2) is 24.3 Å². The molecule has 1 aliphatic rings. The smallest absolute Gasteiger partial charge is 0.0710 e. The molecule has 1 heterocycles. The molecular formula is C15H24N2O. The minimum atomic E-state index is 0.403. The molecule has 0 amide bonds. The van der Waals surface area contributed by atoms with Crippen molar-refractivity contribution in [3.8, 4) is 0 Å². The van der Waals surface area contributed by atoms with Crippen LogP contribution in [0.3, 0.4) is 0 Å². The number of hydrogen-bond acceptors (Lipinski definition) is 3. The van der Waals surface area contributed by atoms with Crippen LogP contribution in [0.4, 0.5) is 0 Å². The number of ether oxygens (including phenoxy) is 1. The van der Waals surface area contributed by atoms with Crippen LogP contribution >= 0.6 is 0 Å².